The summed E-state index contributed by atoms with van der Waals surface area (Å²) >= 11 is 3.18. The molecule has 3 saturated heterocycles. The molecular weight excluding hydrogens is 454 g/mol. The van der Waals surface area contributed by atoms with Gasteiger partial charge in [-0.1, -0.05) is 15.9 Å². The Kier molecular flexibility index (Phi) is 12.2. The number of halogens is 1. The van der Waals surface area contributed by atoms with E-state index in [-0.39, 0.29) is 23.9 Å². The zero-order valence-electron chi connectivity index (χ0n) is 18.2. The summed E-state index contributed by atoms with van der Waals surface area (Å²) in [6, 6.07) is -0.0877. The monoisotopic (exact) mass is 487 g/mol. The lowest BCUT2D eigenvalue weighted by molar-refractivity contribution is -0.141. The summed E-state index contributed by atoms with van der Waals surface area (Å²) in [5.74, 6) is -0.470. The van der Waals surface area contributed by atoms with Crippen LogP contribution >= 0.6 is 15.9 Å². The Morgan fingerprint density at radius 3 is 1.67 bits per heavy atom. The average molecular weight is 488 g/mol. The first-order chi connectivity index (χ1) is 14.2. The summed E-state index contributed by atoms with van der Waals surface area (Å²) in [6.45, 7) is 2.95. The minimum atomic E-state index is -0.685. The van der Waals surface area contributed by atoms with Crippen LogP contribution in [0.2, 0.25) is 0 Å². The van der Waals surface area contributed by atoms with Gasteiger partial charge in [0.15, 0.2) is 5.78 Å². The quantitative estimate of drug-likeness (QED) is 0.267. The first-order valence-corrected chi connectivity index (χ1v) is 11.5. The zero-order valence-corrected chi connectivity index (χ0v) is 19.8. The molecule has 0 radical (unpaired) electrons. The van der Waals surface area contributed by atoms with Crippen LogP contribution in [-0.4, -0.2) is 113 Å². The van der Waals surface area contributed by atoms with E-state index >= 15 is 0 Å². The predicted octanol–water partition coefficient (Wildman–Crippen LogP) is 1.16. The van der Waals surface area contributed by atoms with Crippen LogP contribution in [0.15, 0.2) is 0 Å². The Hall–Kier alpha value is -1.45. The van der Waals surface area contributed by atoms with Gasteiger partial charge in [-0.2, -0.15) is 4.79 Å². The third kappa shape index (κ3) is 8.35. The molecule has 0 amide bonds. The molecule has 10 heteroatoms. The lowest BCUT2D eigenvalue weighted by atomic mass is 10.1. The Morgan fingerprint density at radius 1 is 0.933 bits per heavy atom. The van der Waals surface area contributed by atoms with Crippen molar-refractivity contribution in [2.75, 3.05) is 46.1 Å². The van der Waals surface area contributed by atoms with Crippen LogP contribution in [0.3, 0.4) is 0 Å². The number of hydrogen-bond acceptors (Lipinski definition) is 6. The standard InChI is InChI=1S/C7H12BrNO.C7H11N3O.C6H11NO2/c1-9-4-2-3-6(9)7(10)5-8;1-10-4-2-3-6(10)7(11)5-9-8;1-7-4-2-3-5(7)6(8)9/h6H,2-5H2,1H3;5-6H,2-4H2,1H3;5H,2-4H2,1H3,(H,8,9)/t2*6-;5-/m000/s1. The van der Waals surface area contributed by atoms with Gasteiger partial charge in [0, 0.05) is 0 Å². The highest BCUT2D eigenvalue weighted by atomic mass is 79.9. The molecule has 0 spiro atoms. The molecule has 3 heterocycles. The molecule has 1 N–H and O–H groups in total. The molecule has 3 atom stereocenters. The highest BCUT2D eigenvalue weighted by Gasteiger charge is 2.29. The summed E-state index contributed by atoms with van der Waals surface area (Å²) < 4.78 is 0. The number of carbonyl (C=O) groups excluding carboxylic acids is 2. The van der Waals surface area contributed by atoms with Crippen molar-refractivity contribution in [1.82, 2.24) is 14.7 Å². The molecule has 0 aromatic carbocycles. The van der Waals surface area contributed by atoms with Crippen molar-refractivity contribution in [3.05, 3.63) is 5.53 Å². The van der Waals surface area contributed by atoms with E-state index in [1.165, 1.54) is 6.42 Å². The summed E-state index contributed by atoms with van der Waals surface area (Å²) in [6.07, 6.45) is 6.94. The number of carbonyl (C=O) groups is 3. The van der Waals surface area contributed by atoms with E-state index in [2.05, 4.69) is 25.6 Å². The van der Waals surface area contributed by atoms with Gasteiger partial charge in [0.25, 0.3) is 5.78 Å². The Morgan fingerprint density at radius 2 is 1.37 bits per heavy atom. The van der Waals surface area contributed by atoms with Crippen molar-refractivity contribution >= 4 is 39.7 Å². The highest BCUT2D eigenvalue weighted by Crippen LogP contribution is 2.16. The predicted molar refractivity (Wildman–Crippen MR) is 118 cm³/mol. The number of aliphatic carboxylic acids is 1. The number of alkyl halides is 1. The van der Waals surface area contributed by atoms with Crippen molar-refractivity contribution in [2.24, 2.45) is 0 Å². The number of carboxylic acid groups (broad SMARTS) is 1. The molecule has 0 saturated carbocycles. The van der Waals surface area contributed by atoms with Crippen LogP contribution in [0.4, 0.5) is 0 Å². The van der Waals surface area contributed by atoms with E-state index in [0.717, 1.165) is 58.0 Å². The number of likely N-dealkylation sites (N-methyl/N-ethyl adjacent to an activating group) is 3. The van der Waals surface area contributed by atoms with E-state index in [1.54, 1.807) is 0 Å². The second-order valence-electron chi connectivity index (χ2n) is 8.00. The van der Waals surface area contributed by atoms with E-state index in [1.807, 2.05) is 30.9 Å². The van der Waals surface area contributed by atoms with E-state index in [9.17, 15) is 14.4 Å². The maximum atomic E-state index is 11.1. The third-order valence-electron chi connectivity index (χ3n) is 5.86. The smallest absolute Gasteiger partial charge is 0.324 e. The molecular formula is C20H34BrN5O4. The molecule has 30 heavy (non-hydrogen) atoms. The lowest BCUT2D eigenvalue weighted by Gasteiger charge is -2.16. The topological polar surface area (TPSA) is 118 Å². The van der Waals surface area contributed by atoms with Crippen LogP contribution in [0.1, 0.15) is 38.5 Å². The second-order valence-corrected chi connectivity index (χ2v) is 8.56. The van der Waals surface area contributed by atoms with Crippen molar-refractivity contribution in [1.29, 1.82) is 0 Å². The summed E-state index contributed by atoms with van der Waals surface area (Å²) in [7, 11) is 5.77. The van der Waals surface area contributed by atoms with Gasteiger partial charge in [0.2, 0.25) is 0 Å². The van der Waals surface area contributed by atoms with Gasteiger partial charge in [-0.15, -0.1) is 0 Å². The first-order valence-electron chi connectivity index (χ1n) is 10.4. The van der Waals surface area contributed by atoms with Gasteiger partial charge >= 0.3 is 12.2 Å². The third-order valence-corrected chi connectivity index (χ3v) is 6.42. The molecule has 3 aliphatic rings. The molecule has 0 aromatic heterocycles. The minimum Gasteiger partial charge on any atom is -0.480 e. The van der Waals surface area contributed by atoms with Crippen molar-refractivity contribution in [3.63, 3.8) is 0 Å². The Labute approximate surface area is 187 Å². The summed E-state index contributed by atoms with van der Waals surface area (Å²) in [5, 5.41) is 9.04. The number of likely N-dealkylation sites (tertiary alicyclic amines) is 3. The largest absolute Gasteiger partial charge is 0.480 e. The fourth-order valence-corrected chi connectivity index (χ4v) is 4.41. The van der Waals surface area contributed by atoms with Gasteiger partial charge < -0.3 is 10.6 Å². The molecule has 0 aromatic rings. The van der Waals surface area contributed by atoms with Gasteiger partial charge in [-0.25, -0.2) is 0 Å². The first kappa shape index (κ1) is 26.6. The van der Waals surface area contributed by atoms with E-state index < -0.39 is 5.97 Å². The number of rotatable bonds is 5. The SMILES string of the molecule is CN1CCC[C@H]1C(=O)C=[N+]=[N-].CN1CCC[C@H]1C(=O)CBr.CN1CCC[C@H]1C(=O)O. The number of carboxylic acids is 1. The second kappa shape index (κ2) is 13.8. The molecule has 3 aliphatic heterocycles. The number of hydrogen-bond donors (Lipinski definition) is 1. The van der Waals surface area contributed by atoms with E-state index in [0.29, 0.717) is 11.1 Å². The van der Waals surface area contributed by atoms with Gasteiger partial charge in [-0.3, -0.25) is 29.1 Å². The Balaban J connectivity index is 0.000000226. The molecule has 9 nitrogen and oxygen atoms in total. The summed E-state index contributed by atoms with van der Waals surface area (Å²) in [4.78, 5) is 41.3. The lowest BCUT2D eigenvalue weighted by Crippen LogP contribution is -2.33. The molecule has 3 fully saturated rings. The number of nitrogens with zero attached hydrogens (tertiary/aromatic N) is 5. The Bertz CT molecular complexity index is 641. The van der Waals surface area contributed by atoms with Crippen LogP contribution < -0.4 is 0 Å². The fourth-order valence-electron chi connectivity index (χ4n) is 4.04. The molecule has 170 valence electrons. The van der Waals surface area contributed by atoms with Crippen LogP contribution in [0.5, 0.6) is 0 Å². The van der Waals surface area contributed by atoms with Gasteiger partial charge in [0.1, 0.15) is 6.04 Å². The summed E-state index contributed by atoms with van der Waals surface area (Å²) in [5.41, 5.74) is 8.11. The molecule has 3 rings (SSSR count). The van der Waals surface area contributed by atoms with Crippen molar-refractivity contribution < 1.29 is 24.3 Å². The van der Waals surface area contributed by atoms with E-state index in [4.69, 9.17) is 10.6 Å². The normalized spacial score (nSPS) is 26.7. The van der Waals surface area contributed by atoms with Gasteiger partial charge in [-0.05, 0) is 79.3 Å². The zero-order chi connectivity index (χ0) is 22.7. The fraction of sp³-hybridized carbons (Fsp3) is 0.800. The number of ketones is 2. The number of Topliss-reactive ketones (excluding diaryl/α,β-unsaturated/α-hetero) is 2. The molecule has 0 aliphatic carbocycles. The van der Waals surface area contributed by atoms with Crippen molar-refractivity contribution in [3.8, 4) is 0 Å². The maximum Gasteiger partial charge on any atom is 0.324 e. The molecule has 0 unspecified atom stereocenters. The average Bonchev–Trinajstić information content (AvgIpc) is 3.43. The maximum absolute atomic E-state index is 11.1. The van der Waals surface area contributed by atoms with Crippen LogP contribution in [-0.2, 0) is 14.4 Å². The van der Waals surface area contributed by atoms with Crippen LogP contribution in [0, 0.1) is 0 Å². The van der Waals surface area contributed by atoms with Crippen LogP contribution in [0.25, 0.3) is 5.53 Å². The minimum absolute atomic E-state index is 0.0640. The van der Waals surface area contributed by atoms with Gasteiger partial charge in [0.05, 0.1) is 17.4 Å². The highest BCUT2D eigenvalue weighted by molar-refractivity contribution is 9.09. The van der Waals surface area contributed by atoms with Crippen molar-refractivity contribution in [2.45, 2.75) is 56.7 Å². The molecule has 0 bridgehead atoms.